The molecule has 1 saturated heterocycles. The SMILES string of the molecule is COc1ccc(NC(=O)[C@@H](C)OC(=O)[C@@H]2CC(=O)N(c3ccccc3F)C2)cc1. The Morgan fingerprint density at radius 1 is 1.17 bits per heavy atom. The second kappa shape index (κ2) is 8.72. The van der Waals surface area contributed by atoms with Crippen LogP contribution in [-0.4, -0.2) is 37.5 Å². The third-order valence-corrected chi connectivity index (χ3v) is 4.62. The van der Waals surface area contributed by atoms with Crippen molar-refractivity contribution in [2.24, 2.45) is 5.92 Å². The Morgan fingerprint density at radius 3 is 2.52 bits per heavy atom. The van der Waals surface area contributed by atoms with E-state index in [1.54, 1.807) is 30.3 Å². The molecule has 0 aliphatic carbocycles. The number of para-hydroxylation sites is 1. The first-order valence-corrected chi connectivity index (χ1v) is 9.09. The smallest absolute Gasteiger partial charge is 0.312 e. The van der Waals surface area contributed by atoms with Gasteiger partial charge in [-0.15, -0.1) is 0 Å². The molecule has 29 heavy (non-hydrogen) atoms. The van der Waals surface area contributed by atoms with Crippen LogP contribution in [0.25, 0.3) is 0 Å². The number of ether oxygens (including phenoxy) is 2. The number of nitrogens with one attached hydrogen (secondary N) is 1. The number of carbonyl (C=O) groups is 3. The summed E-state index contributed by atoms with van der Waals surface area (Å²) < 4.78 is 24.2. The maximum atomic E-state index is 13.9. The maximum Gasteiger partial charge on any atom is 0.312 e. The Labute approximate surface area is 167 Å². The van der Waals surface area contributed by atoms with Gasteiger partial charge in [0.15, 0.2) is 6.10 Å². The zero-order chi connectivity index (χ0) is 21.0. The third kappa shape index (κ3) is 4.71. The summed E-state index contributed by atoms with van der Waals surface area (Å²) in [6.45, 7) is 1.45. The number of esters is 1. The minimum absolute atomic E-state index is 0.00538. The second-order valence-electron chi connectivity index (χ2n) is 6.65. The first kappa shape index (κ1) is 20.3. The first-order chi connectivity index (χ1) is 13.9. The lowest BCUT2D eigenvalue weighted by molar-refractivity contribution is -0.157. The van der Waals surface area contributed by atoms with Crippen LogP contribution >= 0.6 is 0 Å². The van der Waals surface area contributed by atoms with Gasteiger partial charge in [-0.1, -0.05) is 12.1 Å². The molecule has 2 aromatic carbocycles. The summed E-state index contributed by atoms with van der Waals surface area (Å²) in [7, 11) is 1.54. The Bertz CT molecular complexity index is 916. The molecule has 0 saturated carbocycles. The molecule has 0 aromatic heterocycles. The molecule has 8 heteroatoms. The Kier molecular flexibility index (Phi) is 6.11. The van der Waals surface area contributed by atoms with Gasteiger partial charge in [-0.05, 0) is 43.3 Å². The molecular weight excluding hydrogens is 379 g/mol. The summed E-state index contributed by atoms with van der Waals surface area (Å²) in [6.07, 6.45) is -1.15. The molecule has 1 N–H and O–H groups in total. The lowest BCUT2D eigenvalue weighted by Gasteiger charge is -2.18. The van der Waals surface area contributed by atoms with Crippen molar-refractivity contribution in [2.75, 3.05) is 23.9 Å². The highest BCUT2D eigenvalue weighted by Crippen LogP contribution is 2.28. The van der Waals surface area contributed by atoms with Gasteiger partial charge in [0, 0.05) is 18.7 Å². The minimum atomic E-state index is -1.05. The van der Waals surface area contributed by atoms with Crippen LogP contribution in [0.5, 0.6) is 5.75 Å². The van der Waals surface area contributed by atoms with Crippen molar-refractivity contribution in [2.45, 2.75) is 19.4 Å². The van der Waals surface area contributed by atoms with Gasteiger partial charge < -0.3 is 19.7 Å². The van der Waals surface area contributed by atoms with Crippen LogP contribution in [0, 0.1) is 11.7 Å². The summed E-state index contributed by atoms with van der Waals surface area (Å²) in [5.41, 5.74) is 0.651. The molecule has 0 bridgehead atoms. The van der Waals surface area contributed by atoms with Gasteiger partial charge >= 0.3 is 5.97 Å². The topological polar surface area (TPSA) is 84.9 Å². The summed E-state index contributed by atoms with van der Waals surface area (Å²) in [6, 6.07) is 12.6. The predicted molar refractivity (Wildman–Crippen MR) is 104 cm³/mol. The molecular formula is C21H21FN2O5. The Morgan fingerprint density at radius 2 is 1.86 bits per heavy atom. The average Bonchev–Trinajstić information content (AvgIpc) is 3.10. The van der Waals surface area contributed by atoms with E-state index in [0.717, 1.165) is 0 Å². The van der Waals surface area contributed by atoms with Crippen molar-refractivity contribution in [3.05, 3.63) is 54.3 Å². The summed E-state index contributed by atoms with van der Waals surface area (Å²) in [5, 5.41) is 2.64. The van der Waals surface area contributed by atoms with E-state index in [1.165, 1.54) is 37.1 Å². The van der Waals surface area contributed by atoms with E-state index in [-0.39, 0.29) is 24.6 Å². The lowest BCUT2D eigenvalue weighted by Crippen LogP contribution is -2.33. The highest BCUT2D eigenvalue weighted by atomic mass is 19.1. The number of benzene rings is 2. The Balaban J connectivity index is 1.57. The fraction of sp³-hybridized carbons (Fsp3) is 0.286. The highest BCUT2D eigenvalue weighted by Gasteiger charge is 2.38. The van der Waals surface area contributed by atoms with Gasteiger partial charge in [-0.2, -0.15) is 0 Å². The molecule has 1 aliphatic heterocycles. The molecule has 3 rings (SSSR count). The van der Waals surface area contributed by atoms with E-state index in [0.29, 0.717) is 11.4 Å². The zero-order valence-corrected chi connectivity index (χ0v) is 16.1. The number of hydrogen-bond acceptors (Lipinski definition) is 5. The van der Waals surface area contributed by atoms with Gasteiger partial charge in [-0.25, -0.2) is 4.39 Å². The summed E-state index contributed by atoms with van der Waals surface area (Å²) >= 11 is 0. The number of hydrogen-bond donors (Lipinski definition) is 1. The number of methoxy groups -OCH3 is 1. The van der Waals surface area contributed by atoms with E-state index in [1.807, 2.05) is 0 Å². The Hall–Kier alpha value is -3.42. The second-order valence-corrected chi connectivity index (χ2v) is 6.65. The normalized spacial score (nSPS) is 17.0. The number of amides is 2. The van der Waals surface area contributed by atoms with Crippen molar-refractivity contribution in [3.8, 4) is 5.75 Å². The van der Waals surface area contributed by atoms with Gasteiger partial charge in [0.2, 0.25) is 5.91 Å². The molecule has 1 fully saturated rings. The van der Waals surface area contributed by atoms with Crippen molar-refractivity contribution >= 4 is 29.2 Å². The molecule has 2 amide bonds. The minimum Gasteiger partial charge on any atom is -0.497 e. The number of rotatable bonds is 6. The van der Waals surface area contributed by atoms with E-state index >= 15 is 0 Å². The molecule has 2 atom stereocenters. The molecule has 0 spiro atoms. The van der Waals surface area contributed by atoms with E-state index in [4.69, 9.17) is 9.47 Å². The first-order valence-electron chi connectivity index (χ1n) is 9.09. The number of carbonyl (C=O) groups excluding carboxylic acids is 3. The molecule has 1 heterocycles. The molecule has 7 nitrogen and oxygen atoms in total. The standard InChI is InChI=1S/C21H21FN2O5/c1-13(20(26)23-15-7-9-16(28-2)10-8-15)29-21(27)14-11-19(25)24(12-14)18-6-4-3-5-17(18)22/h3-10,13-14H,11-12H2,1-2H3,(H,23,26)/t13-,14-/m1/s1. The van der Waals surface area contributed by atoms with Crippen molar-refractivity contribution in [3.63, 3.8) is 0 Å². The fourth-order valence-electron chi connectivity index (χ4n) is 3.01. The predicted octanol–water partition coefficient (Wildman–Crippen LogP) is 2.76. The van der Waals surface area contributed by atoms with Gasteiger partial charge in [0.25, 0.3) is 5.91 Å². The van der Waals surface area contributed by atoms with Crippen molar-refractivity contribution < 1.29 is 28.2 Å². The van der Waals surface area contributed by atoms with Crippen LogP contribution in [0.4, 0.5) is 15.8 Å². The molecule has 0 unspecified atom stereocenters. The highest BCUT2D eigenvalue weighted by molar-refractivity contribution is 6.00. The molecule has 1 aliphatic rings. The van der Waals surface area contributed by atoms with E-state index in [2.05, 4.69) is 5.32 Å². The fourth-order valence-corrected chi connectivity index (χ4v) is 3.01. The summed E-state index contributed by atoms with van der Waals surface area (Å²) in [4.78, 5) is 38.1. The monoisotopic (exact) mass is 400 g/mol. The molecule has 0 radical (unpaired) electrons. The average molecular weight is 400 g/mol. The van der Waals surface area contributed by atoms with Crippen molar-refractivity contribution in [1.82, 2.24) is 0 Å². The maximum absolute atomic E-state index is 13.9. The quantitative estimate of drug-likeness (QED) is 0.754. The van der Waals surface area contributed by atoms with Crippen LogP contribution in [-0.2, 0) is 19.1 Å². The van der Waals surface area contributed by atoms with Crippen LogP contribution in [0.15, 0.2) is 48.5 Å². The van der Waals surface area contributed by atoms with Crippen LogP contribution in [0.1, 0.15) is 13.3 Å². The lowest BCUT2D eigenvalue weighted by atomic mass is 10.1. The number of nitrogens with zero attached hydrogens (tertiary/aromatic N) is 1. The van der Waals surface area contributed by atoms with Crippen molar-refractivity contribution in [1.29, 1.82) is 0 Å². The van der Waals surface area contributed by atoms with Gasteiger partial charge in [-0.3, -0.25) is 14.4 Å². The molecule has 2 aromatic rings. The van der Waals surface area contributed by atoms with E-state index in [9.17, 15) is 18.8 Å². The van der Waals surface area contributed by atoms with Crippen LogP contribution in [0.2, 0.25) is 0 Å². The van der Waals surface area contributed by atoms with Gasteiger partial charge in [0.1, 0.15) is 11.6 Å². The van der Waals surface area contributed by atoms with Gasteiger partial charge in [0.05, 0.1) is 18.7 Å². The van der Waals surface area contributed by atoms with E-state index < -0.39 is 29.7 Å². The summed E-state index contributed by atoms with van der Waals surface area (Å²) in [5.74, 6) is -2.20. The third-order valence-electron chi connectivity index (χ3n) is 4.62. The van der Waals surface area contributed by atoms with Crippen LogP contribution in [0.3, 0.4) is 0 Å². The zero-order valence-electron chi connectivity index (χ0n) is 16.1. The molecule has 152 valence electrons. The van der Waals surface area contributed by atoms with Crippen LogP contribution < -0.4 is 15.0 Å². The largest absolute Gasteiger partial charge is 0.497 e. The number of anilines is 2. The number of halogens is 1.